The van der Waals surface area contributed by atoms with Crippen LogP contribution in [0.25, 0.3) is 11.1 Å². The summed E-state index contributed by atoms with van der Waals surface area (Å²) in [5, 5.41) is 0. The Labute approximate surface area is 173 Å². The Bertz CT molecular complexity index is 908. The lowest BCUT2D eigenvalue weighted by atomic mass is 9.91. The molecule has 0 atom stereocenters. The second kappa shape index (κ2) is 9.65. The van der Waals surface area contributed by atoms with Crippen molar-refractivity contribution in [3.05, 3.63) is 53.1 Å². The number of carbonyl (C=O) groups is 2. The quantitative estimate of drug-likeness (QED) is 0.617. The van der Waals surface area contributed by atoms with Crippen LogP contribution in [0.1, 0.15) is 30.5 Å². The predicted octanol–water partition coefficient (Wildman–Crippen LogP) is 4.46. The SMILES string of the molecule is CCN(Cc1c(CC(=O)OC)ccc(OC)c1-c1ccc(C(F)(F)F)cc1)C(C)=O. The zero-order valence-corrected chi connectivity index (χ0v) is 17.3. The first-order valence-electron chi connectivity index (χ1n) is 9.31. The van der Waals surface area contributed by atoms with Gasteiger partial charge in [-0.2, -0.15) is 13.2 Å². The molecule has 0 saturated carbocycles. The first-order chi connectivity index (χ1) is 14.1. The van der Waals surface area contributed by atoms with Gasteiger partial charge in [-0.15, -0.1) is 0 Å². The normalized spacial score (nSPS) is 11.2. The van der Waals surface area contributed by atoms with Crippen LogP contribution in [0.4, 0.5) is 13.2 Å². The third kappa shape index (κ3) is 5.31. The highest BCUT2D eigenvalue weighted by atomic mass is 19.4. The summed E-state index contributed by atoms with van der Waals surface area (Å²) in [5.41, 5.74) is 1.48. The summed E-state index contributed by atoms with van der Waals surface area (Å²) < 4.78 is 49.2. The van der Waals surface area contributed by atoms with Gasteiger partial charge in [-0.25, -0.2) is 0 Å². The second-order valence-corrected chi connectivity index (χ2v) is 6.64. The Hall–Kier alpha value is -3.03. The van der Waals surface area contributed by atoms with Crippen LogP contribution in [0.2, 0.25) is 0 Å². The number of amides is 1. The van der Waals surface area contributed by atoms with Gasteiger partial charge < -0.3 is 14.4 Å². The summed E-state index contributed by atoms with van der Waals surface area (Å²) in [7, 11) is 2.73. The summed E-state index contributed by atoms with van der Waals surface area (Å²) >= 11 is 0. The molecule has 1 amide bonds. The van der Waals surface area contributed by atoms with Crippen molar-refractivity contribution in [3.8, 4) is 16.9 Å². The molecule has 0 aliphatic rings. The lowest BCUT2D eigenvalue weighted by Gasteiger charge is -2.24. The smallest absolute Gasteiger partial charge is 0.416 e. The van der Waals surface area contributed by atoms with Crippen molar-refractivity contribution >= 4 is 11.9 Å². The lowest BCUT2D eigenvalue weighted by molar-refractivity contribution is -0.140. The molecule has 0 spiro atoms. The number of hydrogen-bond acceptors (Lipinski definition) is 4. The van der Waals surface area contributed by atoms with E-state index < -0.39 is 17.7 Å². The Morgan fingerprint density at radius 3 is 2.13 bits per heavy atom. The fourth-order valence-electron chi connectivity index (χ4n) is 3.19. The minimum absolute atomic E-state index is 0.0427. The topological polar surface area (TPSA) is 55.8 Å². The largest absolute Gasteiger partial charge is 0.496 e. The third-order valence-electron chi connectivity index (χ3n) is 4.83. The number of benzene rings is 2. The van der Waals surface area contributed by atoms with Gasteiger partial charge in [0.1, 0.15) is 5.75 Å². The zero-order valence-electron chi connectivity index (χ0n) is 17.3. The van der Waals surface area contributed by atoms with Crippen molar-refractivity contribution in [3.63, 3.8) is 0 Å². The van der Waals surface area contributed by atoms with E-state index in [1.165, 1.54) is 33.3 Å². The van der Waals surface area contributed by atoms with E-state index in [9.17, 15) is 22.8 Å². The molecule has 0 radical (unpaired) electrons. The molecular formula is C22H24F3NO4. The Morgan fingerprint density at radius 1 is 1.03 bits per heavy atom. The van der Waals surface area contributed by atoms with Gasteiger partial charge in [0.2, 0.25) is 5.91 Å². The van der Waals surface area contributed by atoms with Crippen LogP contribution in [0.5, 0.6) is 5.75 Å². The van der Waals surface area contributed by atoms with E-state index in [1.807, 2.05) is 6.92 Å². The summed E-state index contributed by atoms with van der Waals surface area (Å²) in [6.45, 7) is 3.85. The van der Waals surface area contributed by atoms with Crippen molar-refractivity contribution < 1.29 is 32.2 Å². The van der Waals surface area contributed by atoms with Crippen molar-refractivity contribution in [2.24, 2.45) is 0 Å². The van der Waals surface area contributed by atoms with E-state index in [0.29, 0.717) is 34.5 Å². The van der Waals surface area contributed by atoms with Gasteiger partial charge in [0.05, 0.1) is 26.2 Å². The molecule has 5 nitrogen and oxygen atoms in total. The predicted molar refractivity (Wildman–Crippen MR) is 106 cm³/mol. The molecule has 162 valence electrons. The van der Waals surface area contributed by atoms with Crippen LogP contribution in [-0.4, -0.2) is 37.5 Å². The maximum atomic E-state index is 13.0. The highest BCUT2D eigenvalue weighted by Crippen LogP contribution is 2.38. The molecule has 2 aromatic carbocycles. The average Bonchev–Trinajstić information content (AvgIpc) is 2.71. The van der Waals surface area contributed by atoms with Crippen LogP contribution in [0, 0.1) is 0 Å². The molecular weight excluding hydrogens is 399 g/mol. The summed E-state index contributed by atoms with van der Waals surface area (Å²) in [6.07, 6.45) is -4.50. The molecule has 0 fully saturated rings. The maximum Gasteiger partial charge on any atom is 0.416 e. The van der Waals surface area contributed by atoms with Gasteiger partial charge in [-0.1, -0.05) is 18.2 Å². The van der Waals surface area contributed by atoms with E-state index in [-0.39, 0.29) is 18.9 Å². The minimum Gasteiger partial charge on any atom is -0.496 e. The van der Waals surface area contributed by atoms with Gasteiger partial charge in [-0.05, 0) is 41.8 Å². The third-order valence-corrected chi connectivity index (χ3v) is 4.83. The molecule has 0 aromatic heterocycles. The zero-order chi connectivity index (χ0) is 22.5. The molecule has 0 unspecified atom stereocenters. The van der Waals surface area contributed by atoms with E-state index in [4.69, 9.17) is 9.47 Å². The molecule has 30 heavy (non-hydrogen) atoms. The number of alkyl halides is 3. The Balaban J connectivity index is 2.69. The molecule has 0 heterocycles. The molecule has 2 aromatic rings. The van der Waals surface area contributed by atoms with Crippen LogP contribution < -0.4 is 4.74 Å². The van der Waals surface area contributed by atoms with Gasteiger partial charge in [-0.3, -0.25) is 9.59 Å². The standard InChI is InChI=1S/C22H24F3NO4/c1-5-26(14(2)27)13-18-16(12-20(28)30-4)8-11-19(29-3)21(18)15-6-9-17(10-7-15)22(23,24)25/h6-11H,5,12-13H2,1-4H3. The molecule has 0 bridgehead atoms. The van der Waals surface area contributed by atoms with Gasteiger partial charge in [0.25, 0.3) is 0 Å². The number of nitrogens with zero attached hydrogens (tertiary/aromatic N) is 1. The van der Waals surface area contributed by atoms with E-state index in [2.05, 4.69) is 0 Å². The molecule has 0 aliphatic heterocycles. The second-order valence-electron chi connectivity index (χ2n) is 6.64. The van der Waals surface area contributed by atoms with Gasteiger partial charge in [0.15, 0.2) is 0 Å². The number of rotatable bonds is 7. The lowest BCUT2D eigenvalue weighted by Crippen LogP contribution is -2.29. The molecule has 0 aliphatic carbocycles. The summed E-state index contributed by atoms with van der Waals surface area (Å²) in [5.74, 6) is -0.202. The van der Waals surface area contributed by atoms with Crippen molar-refractivity contribution in [1.29, 1.82) is 0 Å². The molecule has 0 N–H and O–H groups in total. The van der Waals surface area contributed by atoms with Crippen LogP contribution in [-0.2, 0) is 33.5 Å². The average molecular weight is 423 g/mol. The van der Waals surface area contributed by atoms with Crippen LogP contribution >= 0.6 is 0 Å². The highest BCUT2D eigenvalue weighted by molar-refractivity contribution is 5.80. The molecule has 8 heteroatoms. The van der Waals surface area contributed by atoms with E-state index in [0.717, 1.165) is 12.1 Å². The highest BCUT2D eigenvalue weighted by Gasteiger charge is 2.30. The molecule has 0 saturated heterocycles. The fourth-order valence-corrected chi connectivity index (χ4v) is 3.19. The number of carbonyl (C=O) groups excluding carboxylic acids is 2. The van der Waals surface area contributed by atoms with Crippen LogP contribution in [0.15, 0.2) is 36.4 Å². The summed E-state index contributed by atoms with van der Waals surface area (Å²) in [4.78, 5) is 25.5. The Morgan fingerprint density at radius 2 is 1.67 bits per heavy atom. The Kier molecular flexibility index (Phi) is 7.48. The number of ether oxygens (including phenoxy) is 2. The van der Waals surface area contributed by atoms with Gasteiger partial charge in [0, 0.05) is 25.6 Å². The fraction of sp³-hybridized carbons (Fsp3) is 0.364. The number of halogens is 3. The molecule has 2 rings (SSSR count). The van der Waals surface area contributed by atoms with Gasteiger partial charge >= 0.3 is 12.1 Å². The van der Waals surface area contributed by atoms with Crippen LogP contribution in [0.3, 0.4) is 0 Å². The first kappa shape index (κ1) is 23.3. The monoisotopic (exact) mass is 423 g/mol. The van der Waals surface area contributed by atoms with E-state index in [1.54, 1.807) is 17.0 Å². The number of methoxy groups -OCH3 is 2. The van der Waals surface area contributed by atoms with Crippen molar-refractivity contribution in [1.82, 2.24) is 4.90 Å². The number of hydrogen-bond donors (Lipinski definition) is 0. The summed E-state index contributed by atoms with van der Waals surface area (Å²) in [6, 6.07) is 8.06. The maximum absolute atomic E-state index is 13.0. The minimum atomic E-state index is -4.45. The van der Waals surface area contributed by atoms with E-state index >= 15 is 0 Å². The first-order valence-corrected chi connectivity index (χ1v) is 9.31. The van der Waals surface area contributed by atoms with Crippen molar-refractivity contribution in [2.75, 3.05) is 20.8 Å². The van der Waals surface area contributed by atoms with Crippen molar-refractivity contribution in [2.45, 2.75) is 33.0 Å². The number of esters is 1.